The third-order valence-corrected chi connectivity index (χ3v) is 4.85. The third-order valence-electron chi connectivity index (χ3n) is 2.64. The molecule has 0 N–H and O–H groups in total. The van der Waals surface area contributed by atoms with Gasteiger partial charge in [-0.15, -0.1) is 10.2 Å². The van der Waals surface area contributed by atoms with Crippen molar-refractivity contribution < 1.29 is 0 Å². The van der Waals surface area contributed by atoms with E-state index in [-0.39, 0.29) is 5.37 Å². The molecule has 0 aromatic carbocycles. The molecular weight excluding hydrogens is 254 g/mol. The number of thioether (sulfide) groups is 2. The molecule has 4 heterocycles. The van der Waals surface area contributed by atoms with Crippen molar-refractivity contribution >= 4 is 23.5 Å². The molecule has 5 nitrogen and oxygen atoms in total. The Hall–Kier alpha value is -1.47. The van der Waals surface area contributed by atoms with Crippen LogP contribution in [-0.2, 0) is 0 Å². The Labute approximate surface area is 106 Å². The summed E-state index contributed by atoms with van der Waals surface area (Å²) < 4.78 is 1.99. The first-order chi connectivity index (χ1) is 8.43. The Kier molecular flexibility index (Phi) is 1.97. The minimum Gasteiger partial charge on any atom is -0.264 e. The second kappa shape index (κ2) is 3.51. The van der Waals surface area contributed by atoms with Gasteiger partial charge in [-0.3, -0.25) is 9.99 Å². The molecule has 2 aromatic rings. The highest BCUT2D eigenvalue weighted by atomic mass is 32.2. The van der Waals surface area contributed by atoms with Crippen LogP contribution in [0.2, 0.25) is 0 Å². The minimum atomic E-state index is 0.225. The lowest BCUT2D eigenvalue weighted by Crippen LogP contribution is -2.28. The molecule has 0 bridgehead atoms. The van der Waals surface area contributed by atoms with Gasteiger partial charge in [-0.2, -0.15) is 0 Å². The van der Waals surface area contributed by atoms with E-state index in [9.17, 15) is 0 Å². The average Bonchev–Trinajstić information content (AvgIpc) is 3.00. The van der Waals surface area contributed by atoms with E-state index in [2.05, 4.69) is 31.7 Å². The monoisotopic (exact) mass is 261 g/mol. The van der Waals surface area contributed by atoms with Crippen LogP contribution in [-0.4, -0.2) is 19.9 Å². The molecular formula is C10H7N5S2. The van der Waals surface area contributed by atoms with Crippen molar-refractivity contribution in [2.24, 2.45) is 0 Å². The molecule has 17 heavy (non-hydrogen) atoms. The van der Waals surface area contributed by atoms with Gasteiger partial charge in [0.2, 0.25) is 5.16 Å². The fourth-order valence-electron chi connectivity index (χ4n) is 1.91. The van der Waals surface area contributed by atoms with Crippen molar-refractivity contribution in [3.05, 3.63) is 46.9 Å². The topological polar surface area (TPSA) is 46.8 Å². The summed E-state index contributed by atoms with van der Waals surface area (Å²) in [4.78, 5) is 4.18. The molecule has 1 unspecified atom stereocenters. The van der Waals surface area contributed by atoms with Gasteiger partial charge in [0.05, 0.1) is 0 Å². The summed E-state index contributed by atoms with van der Waals surface area (Å²) >= 11 is 3.43. The third kappa shape index (κ3) is 1.32. The van der Waals surface area contributed by atoms with Crippen molar-refractivity contribution in [1.29, 1.82) is 0 Å². The van der Waals surface area contributed by atoms with Crippen molar-refractivity contribution in [2.75, 3.05) is 5.01 Å². The van der Waals surface area contributed by atoms with Crippen LogP contribution in [0.4, 0.5) is 0 Å². The van der Waals surface area contributed by atoms with E-state index in [0.717, 1.165) is 5.16 Å². The van der Waals surface area contributed by atoms with Crippen LogP contribution < -0.4 is 5.01 Å². The molecule has 0 saturated carbocycles. The highest BCUT2D eigenvalue weighted by molar-refractivity contribution is 8.07. The van der Waals surface area contributed by atoms with Crippen LogP contribution in [0.15, 0.2) is 46.4 Å². The van der Waals surface area contributed by atoms with Crippen LogP contribution in [0.3, 0.4) is 0 Å². The lowest BCUT2D eigenvalue weighted by atomic mass is 10.3. The first-order valence-electron chi connectivity index (χ1n) is 5.06. The van der Waals surface area contributed by atoms with Crippen molar-refractivity contribution in [3.8, 4) is 0 Å². The molecule has 2 aliphatic rings. The SMILES string of the molecule is C1=C2Sc3nncn3N2C(c2cccnc2)S1. The molecule has 7 heteroatoms. The molecule has 84 valence electrons. The van der Waals surface area contributed by atoms with Gasteiger partial charge in [0, 0.05) is 23.4 Å². The van der Waals surface area contributed by atoms with Gasteiger partial charge in [0.25, 0.3) is 0 Å². The molecule has 0 amide bonds. The van der Waals surface area contributed by atoms with E-state index in [4.69, 9.17) is 0 Å². The fourth-order valence-corrected chi connectivity index (χ4v) is 4.11. The predicted octanol–water partition coefficient (Wildman–Crippen LogP) is 1.96. The van der Waals surface area contributed by atoms with Crippen molar-refractivity contribution in [2.45, 2.75) is 10.5 Å². The quantitative estimate of drug-likeness (QED) is 0.782. The standard InChI is InChI=1S/C10H7N5S2/c1-2-7(4-11-3-1)9-15-8(5-16-9)17-10-13-12-6-14(10)15/h1-6,9H. The molecule has 2 aliphatic heterocycles. The smallest absolute Gasteiger partial charge is 0.216 e. The second-order valence-corrected chi connectivity index (χ2v) is 5.58. The molecule has 0 saturated heterocycles. The van der Waals surface area contributed by atoms with Gasteiger partial charge < -0.3 is 0 Å². The van der Waals surface area contributed by atoms with E-state index in [1.165, 1.54) is 10.6 Å². The van der Waals surface area contributed by atoms with Gasteiger partial charge in [0.1, 0.15) is 16.7 Å². The lowest BCUT2D eigenvalue weighted by molar-refractivity contribution is 0.633. The first kappa shape index (κ1) is 9.55. The van der Waals surface area contributed by atoms with E-state index in [1.54, 1.807) is 36.0 Å². The zero-order chi connectivity index (χ0) is 11.2. The number of rotatable bonds is 1. The summed E-state index contributed by atoms with van der Waals surface area (Å²) in [5.74, 6) is 0. The van der Waals surface area contributed by atoms with Gasteiger partial charge in [-0.25, -0.2) is 4.68 Å². The van der Waals surface area contributed by atoms with Gasteiger partial charge in [-0.05, 0) is 17.8 Å². The second-order valence-electron chi connectivity index (χ2n) is 3.64. The molecule has 0 aliphatic carbocycles. The van der Waals surface area contributed by atoms with Gasteiger partial charge >= 0.3 is 0 Å². The van der Waals surface area contributed by atoms with Gasteiger partial charge in [-0.1, -0.05) is 17.8 Å². The summed E-state index contributed by atoms with van der Waals surface area (Å²) in [6.45, 7) is 0. The Balaban J connectivity index is 1.78. The summed E-state index contributed by atoms with van der Waals surface area (Å²) in [6, 6.07) is 4.05. The van der Waals surface area contributed by atoms with Crippen LogP contribution in [0.1, 0.15) is 10.9 Å². The Bertz CT molecular complexity index is 594. The molecule has 4 rings (SSSR count). The highest BCUT2D eigenvalue weighted by Crippen LogP contribution is 2.50. The lowest BCUT2D eigenvalue weighted by Gasteiger charge is -2.23. The number of aromatic nitrogens is 4. The summed E-state index contributed by atoms with van der Waals surface area (Å²) in [6.07, 6.45) is 5.44. The van der Waals surface area contributed by atoms with Crippen LogP contribution in [0, 0.1) is 0 Å². The summed E-state index contributed by atoms with van der Waals surface area (Å²) in [7, 11) is 0. The number of hydrogen-bond donors (Lipinski definition) is 0. The van der Waals surface area contributed by atoms with Crippen LogP contribution in [0.5, 0.6) is 0 Å². The van der Waals surface area contributed by atoms with Gasteiger partial charge in [0.15, 0.2) is 0 Å². The Morgan fingerprint density at radius 3 is 3.24 bits per heavy atom. The number of fused-ring (bicyclic) bond motifs is 3. The normalized spacial score (nSPS) is 21.3. The van der Waals surface area contributed by atoms with Crippen molar-refractivity contribution in [3.63, 3.8) is 0 Å². The number of nitrogens with zero attached hydrogens (tertiary/aromatic N) is 5. The van der Waals surface area contributed by atoms with E-state index < -0.39 is 0 Å². The molecule has 2 aromatic heterocycles. The molecule has 0 radical (unpaired) electrons. The summed E-state index contributed by atoms with van der Waals surface area (Å²) in [5.41, 5.74) is 1.19. The predicted molar refractivity (Wildman–Crippen MR) is 66.7 cm³/mol. The zero-order valence-corrected chi connectivity index (χ0v) is 10.2. The highest BCUT2D eigenvalue weighted by Gasteiger charge is 2.37. The van der Waals surface area contributed by atoms with E-state index in [1.807, 2.05) is 16.9 Å². The number of hydrogen-bond acceptors (Lipinski definition) is 6. The first-order valence-corrected chi connectivity index (χ1v) is 6.82. The minimum absolute atomic E-state index is 0.225. The maximum absolute atomic E-state index is 4.18. The number of pyridine rings is 1. The fraction of sp³-hybridized carbons (Fsp3) is 0.100. The van der Waals surface area contributed by atoms with E-state index >= 15 is 0 Å². The van der Waals surface area contributed by atoms with Crippen molar-refractivity contribution in [1.82, 2.24) is 19.9 Å². The Morgan fingerprint density at radius 2 is 2.35 bits per heavy atom. The molecule has 0 spiro atoms. The zero-order valence-electron chi connectivity index (χ0n) is 8.59. The Morgan fingerprint density at radius 1 is 1.35 bits per heavy atom. The van der Waals surface area contributed by atoms with E-state index in [0.29, 0.717) is 0 Å². The molecule has 1 atom stereocenters. The molecule has 0 fully saturated rings. The maximum Gasteiger partial charge on any atom is 0.216 e. The largest absolute Gasteiger partial charge is 0.264 e. The average molecular weight is 261 g/mol. The summed E-state index contributed by atoms with van der Waals surface area (Å²) in [5, 5.41) is 14.7. The van der Waals surface area contributed by atoms with Crippen LogP contribution in [0.25, 0.3) is 0 Å². The maximum atomic E-state index is 4.18. The van der Waals surface area contributed by atoms with Crippen LogP contribution >= 0.6 is 23.5 Å².